The summed E-state index contributed by atoms with van der Waals surface area (Å²) in [5, 5.41) is 12.0. The third-order valence-corrected chi connectivity index (χ3v) is 4.94. The van der Waals surface area contributed by atoms with Crippen molar-refractivity contribution >= 4 is 15.9 Å². The van der Waals surface area contributed by atoms with E-state index >= 15 is 0 Å². The van der Waals surface area contributed by atoms with Gasteiger partial charge in [-0.05, 0) is 51.0 Å². The van der Waals surface area contributed by atoms with Gasteiger partial charge >= 0.3 is 0 Å². The predicted octanol–water partition coefficient (Wildman–Crippen LogP) is 0.626. The Labute approximate surface area is 124 Å². The van der Waals surface area contributed by atoms with Gasteiger partial charge in [-0.15, -0.1) is 0 Å². The standard InChI is InChI=1S/C14H20N2O4S/c1-9(2)16-21(19,20)13-5-3-10(4-6-13)14(18)15-11-7-12(17)8-11/h3-6,9,11-12,16-17H,7-8H2,1-2H3,(H,15,18). The summed E-state index contributed by atoms with van der Waals surface area (Å²) in [7, 11) is -3.54. The molecule has 1 saturated carbocycles. The molecular formula is C14H20N2O4S. The van der Waals surface area contributed by atoms with E-state index in [1.54, 1.807) is 13.8 Å². The number of aliphatic hydroxyl groups is 1. The first kappa shape index (κ1) is 15.9. The van der Waals surface area contributed by atoms with Crippen LogP contribution in [0.5, 0.6) is 0 Å². The molecule has 116 valence electrons. The lowest BCUT2D eigenvalue weighted by Crippen LogP contribution is -2.46. The van der Waals surface area contributed by atoms with Gasteiger partial charge in [0.05, 0.1) is 11.0 Å². The molecule has 1 aromatic rings. The highest BCUT2D eigenvalue weighted by Gasteiger charge is 2.28. The molecule has 1 aromatic carbocycles. The van der Waals surface area contributed by atoms with Crippen molar-refractivity contribution in [2.24, 2.45) is 0 Å². The van der Waals surface area contributed by atoms with E-state index in [9.17, 15) is 18.3 Å². The van der Waals surface area contributed by atoms with Crippen LogP contribution in [0.3, 0.4) is 0 Å². The molecule has 0 aromatic heterocycles. The van der Waals surface area contributed by atoms with E-state index in [1.165, 1.54) is 24.3 Å². The summed E-state index contributed by atoms with van der Waals surface area (Å²) in [4.78, 5) is 12.1. The average Bonchev–Trinajstić information content (AvgIpc) is 2.35. The third-order valence-electron chi connectivity index (χ3n) is 3.27. The quantitative estimate of drug-likeness (QED) is 0.743. The summed E-state index contributed by atoms with van der Waals surface area (Å²) in [6.07, 6.45) is 0.803. The van der Waals surface area contributed by atoms with Crippen LogP contribution in [0.1, 0.15) is 37.0 Å². The Balaban J connectivity index is 2.03. The maximum atomic E-state index is 12.0. The van der Waals surface area contributed by atoms with Gasteiger partial charge in [0.2, 0.25) is 10.0 Å². The first-order valence-corrected chi connectivity index (χ1v) is 8.37. The Morgan fingerprint density at radius 2 is 1.81 bits per heavy atom. The number of amides is 1. The highest BCUT2D eigenvalue weighted by molar-refractivity contribution is 7.89. The Hall–Kier alpha value is -1.44. The van der Waals surface area contributed by atoms with E-state index in [1.807, 2.05) is 0 Å². The molecule has 1 aliphatic rings. The molecule has 6 nitrogen and oxygen atoms in total. The zero-order valence-corrected chi connectivity index (χ0v) is 12.9. The van der Waals surface area contributed by atoms with Gasteiger partial charge in [0, 0.05) is 17.6 Å². The molecule has 21 heavy (non-hydrogen) atoms. The van der Waals surface area contributed by atoms with Crippen LogP contribution in [-0.4, -0.2) is 37.6 Å². The van der Waals surface area contributed by atoms with Crippen molar-refractivity contribution in [3.8, 4) is 0 Å². The fraction of sp³-hybridized carbons (Fsp3) is 0.500. The van der Waals surface area contributed by atoms with Crippen molar-refractivity contribution in [3.63, 3.8) is 0 Å². The molecule has 1 amide bonds. The van der Waals surface area contributed by atoms with Crippen LogP contribution in [0, 0.1) is 0 Å². The van der Waals surface area contributed by atoms with Crippen LogP contribution in [0.2, 0.25) is 0 Å². The minimum Gasteiger partial charge on any atom is -0.393 e. The zero-order chi connectivity index (χ0) is 15.6. The number of rotatable bonds is 5. The molecule has 0 bridgehead atoms. The number of carbonyl (C=O) groups excluding carboxylic acids is 1. The van der Waals surface area contributed by atoms with E-state index in [0.717, 1.165) is 0 Å². The van der Waals surface area contributed by atoms with Crippen LogP contribution < -0.4 is 10.0 Å². The Bertz CT molecular complexity index is 604. The SMILES string of the molecule is CC(C)NS(=O)(=O)c1ccc(C(=O)NC2CC(O)C2)cc1. The fourth-order valence-corrected chi connectivity index (χ4v) is 3.39. The maximum Gasteiger partial charge on any atom is 0.251 e. The van der Waals surface area contributed by atoms with Crippen molar-refractivity contribution in [1.82, 2.24) is 10.0 Å². The average molecular weight is 312 g/mol. The van der Waals surface area contributed by atoms with E-state index in [0.29, 0.717) is 18.4 Å². The summed E-state index contributed by atoms with van der Waals surface area (Å²) in [5.74, 6) is -0.257. The van der Waals surface area contributed by atoms with Crippen LogP contribution >= 0.6 is 0 Å². The number of hydrogen-bond donors (Lipinski definition) is 3. The molecule has 0 unspecified atom stereocenters. The van der Waals surface area contributed by atoms with Crippen LogP contribution in [0.4, 0.5) is 0 Å². The van der Waals surface area contributed by atoms with Crippen molar-refractivity contribution in [2.45, 2.75) is 49.8 Å². The zero-order valence-electron chi connectivity index (χ0n) is 12.0. The number of sulfonamides is 1. The van der Waals surface area contributed by atoms with Crippen LogP contribution in [0.25, 0.3) is 0 Å². The smallest absolute Gasteiger partial charge is 0.251 e. The Kier molecular flexibility index (Phi) is 4.65. The second-order valence-corrected chi connectivity index (χ2v) is 7.31. The molecule has 0 saturated heterocycles. The van der Waals surface area contributed by atoms with Gasteiger partial charge in [-0.25, -0.2) is 13.1 Å². The molecule has 3 N–H and O–H groups in total. The van der Waals surface area contributed by atoms with E-state index < -0.39 is 10.0 Å². The molecule has 0 spiro atoms. The van der Waals surface area contributed by atoms with Gasteiger partial charge in [-0.1, -0.05) is 0 Å². The molecular weight excluding hydrogens is 292 g/mol. The van der Waals surface area contributed by atoms with Gasteiger partial charge in [-0.2, -0.15) is 0 Å². The highest BCUT2D eigenvalue weighted by Crippen LogP contribution is 2.20. The number of carbonyl (C=O) groups is 1. The van der Waals surface area contributed by atoms with Gasteiger partial charge in [0.1, 0.15) is 0 Å². The normalized spacial score (nSPS) is 21.9. The number of nitrogens with one attached hydrogen (secondary N) is 2. The van der Waals surface area contributed by atoms with Gasteiger partial charge in [0.25, 0.3) is 5.91 Å². The van der Waals surface area contributed by atoms with E-state index in [-0.39, 0.29) is 29.0 Å². The third kappa shape index (κ3) is 4.03. The van der Waals surface area contributed by atoms with Gasteiger partial charge in [-0.3, -0.25) is 4.79 Å². The summed E-state index contributed by atoms with van der Waals surface area (Å²) >= 11 is 0. The molecule has 0 heterocycles. The lowest BCUT2D eigenvalue weighted by atomic mass is 9.89. The van der Waals surface area contributed by atoms with Crippen LogP contribution in [-0.2, 0) is 10.0 Å². The molecule has 2 rings (SSSR count). The maximum absolute atomic E-state index is 12.0. The van der Waals surface area contributed by atoms with Crippen molar-refractivity contribution in [1.29, 1.82) is 0 Å². The lowest BCUT2D eigenvalue weighted by Gasteiger charge is -2.31. The summed E-state index contributed by atoms with van der Waals surface area (Å²) < 4.78 is 26.4. The molecule has 0 radical (unpaired) electrons. The molecule has 0 aliphatic heterocycles. The number of hydrogen-bond acceptors (Lipinski definition) is 4. The molecule has 7 heteroatoms. The Morgan fingerprint density at radius 1 is 1.24 bits per heavy atom. The van der Waals surface area contributed by atoms with Gasteiger partial charge < -0.3 is 10.4 Å². The van der Waals surface area contributed by atoms with Gasteiger partial charge in [0.15, 0.2) is 0 Å². The molecule has 1 aliphatic carbocycles. The summed E-state index contributed by atoms with van der Waals surface area (Å²) in [6.45, 7) is 3.48. The fourth-order valence-electron chi connectivity index (χ4n) is 2.14. The summed E-state index contributed by atoms with van der Waals surface area (Å²) in [5.41, 5.74) is 0.403. The topological polar surface area (TPSA) is 95.5 Å². The minimum absolute atomic E-state index is 0.00137. The second kappa shape index (κ2) is 6.13. The predicted molar refractivity (Wildman–Crippen MR) is 78.4 cm³/mol. The van der Waals surface area contributed by atoms with E-state index in [2.05, 4.69) is 10.0 Å². The first-order chi connectivity index (χ1) is 9.78. The molecule has 1 fully saturated rings. The summed E-state index contributed by atoms with van der Waals surface area (Å²) in [6, 6.07) is 5.60. The van der Waals surface area contributed by atoms with Crippen molar-refractivity contribution < 1.29 is 18.3 Å². The van der Waals surface area contributed by atoms with E-state index in [4.69, 9.17) is 0 Å². The number of aliphatic hydroxyl groups excluding tert-OH is 1. The minimum atomic E-state index is -3.54. The Morgan fingerprint density at radius 3 is 2.29 bits per heavy atom. The number of benzene rings is 1. The largest absolute Gasteiger partial charge is 0.393 e. The molecule has 0 atom stereocenters. The monoisotopic (exact) mass is 312 g/mol. The first-order valence-electron chi connectivity index (χ1n) is 6.89. The highest BCUT2D eigenvalue weighted by atomic mass is 32.2. The van der Waals surface area contributed by atoms with Crippen LogP contribution in [0.15, 0.2) is 29.2 Å². The second-order valence-electron chi connectivity index (χ2n) is 5.60. The van der Waals surface area contributed by atoms with Crippen molar-refractivity contribution in [2.75, 3.05) is 0 Å². The van der Waals surface area contributed by atoms with Crippen molar-refractivity contribution in [3.05, 3.63) is 29.8 Å². The lowest BCUT2D eigenvalue weighted by molar-refractivity contribution is 0.0562.